The van der Waals surface area contributed by atoms with Crippen LogP contribution in [0.5, 0.6) is 0 Å². The molecule has 0 unspecified atom stereocenters. The number of hydrogen-bond acceptors (Lipinski definition) is 10. The normalized spacial score (nSPS) is 15.1. The highest BCUT2D eigenvalue weighted by Crippen LogP contribution is 2.45. The van der Waals surface area contributed by atoms with Crippen LogP contribution in [0.25, 0.3) is 21.8 Å². The molecule has 3 N–H and O–H groups in total. The number of likely N-dealkylation sites (tertiary alicyclic amines) is 1. The Bertz CT molecular complexity index is 1510. The van der Waals surface area contributed by atoms with Crippen molar-refractivity contribution in [2.75, 3.05) is 42.0 Å². The molecule has 0 atom stereocenters. The third kappa shape index (κ3) is 7.34. The van der Waals surface area contributed by atoms with Crippen LogP contribution < -0.4 is 10.0 Å². The largest absolute Gasteiger partial charge is 0.447 e. The van der Waals surface area contributed by atoms with Gasteiger partial charge in [0, 0.05) is 36.8 Å². The Morgan fingerprint density at radius 3 is 2.64 bits per heavy atom. The number of sulfonamides is 1. The molecule has 0 saturated carbocycles. The number of hydrogen-bond donors (Lipinski definition) is 3. The van der Waals surface area contributed by atoms with E-state index in [0.717, 1.165) is 5.01 Å². The van der Waals surface area contributed by atoms with Gasteiger partial charge in [0.15, 0.2) is 5.82 Å². The molecule has 14 heteroatoms. The lowest BCUT2D eigenvalue weighted by atomic mass is 9.81. The molecule has 0 radical (unpaired) electrons. The molecule has 11 nitrogen and oxygen atoms in total. The van der Waals surface area contributed by atoms with Crippen LogP contribution >= 0.6 is 11.3 Å². The Hall–Kier alpha value is -3.36. The van der Waals surface area contributed by atoms with Gasteiger partial charge in [-0.05, 0) is 51.3 Å². The van der Waals surface area contributed by atoms with Crippen molar-refractivity contribution in [3.63, 3.8) is 0 Å². The average molecular weight is 621 g/mol. The number of nitrogens with zero attached hydrogens (tertiary/aromatic N) is 4. The van der Waals surface area contributed by atoms with Crippen LogP contribution in [0.1, 0.15) is 52.0 Å². The first-order valence-corrected chi connectivity index (χ1v) is 16.4. The van der Waals surface area contributed by atoms with Gasteiger partial charge in [0.1, 0.15) is 0 Å². The van der Waals surface area contributed by atoms with Gasteiger partial charge in [-0.2, -0.15) is 0 Å². The molecular formula is C28H37FN6O5S2. The van der Waals surface area contributed by atoms with E-state index in [1.807, 2.05) is 13.8 Å². The molecular weight excluding hydrogens is 583 g/mol. The topological polar surface area (TPSA) is 147 Å². The van der Waals surface area contributed by atoms with E-state index < -0.39 is 21.3 Å². The number of amides is 1. The lowest BCUT2D eigenvalue weighted by molar-refractivity contribution is 0.0630. The number of carbonyl (C=O) groups excluding carboxylic acids is 1. The highest BCUT2D eigenvalue weighted by molar-refractivity contribution is 7.92. The second kappa shape index (κ2) is 13.3. The van der Waals surface area contributed by atoms with Gasteiger partial charge >= 0.3 is 6.09 Å². The zero-order chi connectivity index (χ0) is 30.5. The number of nitrogens with one attached hydrogen (secondary N) is 2. The number of thiazole rings is 1. The molecule has 1 aliphatic rings. The monoisotopic (exact) mass is 620 g/mol. The molecule has 1 aromatic carbocycles. The number of aliphatic hydroxyl groups excluding tert-OH is 1. The SMILES string of the molecule is CCCS(=O)(=O)Nc1cccc(-c2nc(C3(C)CCN(C(=O)OC(C)C)CC3)sc2-c2ccnc(NCCO)n2)c1F. The lowest BCUT2D eigenvalue weighted by Gasteiger charge is -2.37. The Kier molecular flexibility index (Phi) is 10.00. The summed E-state index contributed by atoms with van der Waals surface area (Å²) in [6.07, 6.45) is 2.65. The van der Waals surface area contributed by atoms with Gasteiger partial charge in [-0.25, -0.2) is 32.6 Å². The maximum atomic E-state index is 16.0. The molecule has 1 amide bonds. The number of carbonyl (C=O) groups is 1. The highest BCUT2D eigenvalue weighted by atomic mass is 32.2. The van der Waals surface area contributed by atoms with Gasteiger partial charge < -0.3 is 20.1 Å². The predicted molar refractivity (Wildman–Crippen MR) is 162 cm³/mol. The van der Waals surface area contributed by atoms with Crippen molar-refractivity contribution in [3.8, 4) is 21.8 Å². The first-order valence-electron chi connectivity index (χ1n) is 13.9. The van der Waals surface area contributed by atoms with E-state index in [0.29, 0.717) is 54.6 Å². The van der Waals surface area contributed by atoms with E-state index in [2.05, 4.69) is 26.9 Å². The second-order valence-electron chi connectivity index (χ2n) is 10.7. The third-order valence-electron chi connectivity index (χ3n) is 6.88. The zero-order valence-corrected chi connectivity index (χ0v) is 25.8. The van der Waals surface area contributed by atoms with Crippen LogP contribution in [0.2, 0.25) is 0 Å². The summed E-state index contributed by atoms with van der Waals surface area (Å²) in [4.78, 5) is 28.5. The number of aliphatic hydroxyl groups is 1. The van der Waals surface area contributed by atoms with Crippen molar-refractivity contribution < 1.29 is 27.4 Å². The number of aromatic nitrogens is 3. The fraction of sp³-hybridized carbons (Fsp3) is 0.500. The molecule has 4 rings (SSSR count). The summed E-state index contributed by atoms with van der Waals surface area (Å²) in [6.45, 7) is 8.55. The Morgan fingerprint density at radius 2 is 1.98 bits per heavy atom. The fourth-order valence-electron chi connectivity index (χ4n) is 4.63. The van der Waals surface area contributed by atoms with Crippen molar-refractivity contribution in [3.05, 3.63) is 41.3 Å². The van der Waals surface area contributed by atoms with Gasteiger partial charge in [0.25, 0.3) is 0 Å². The van der Waals surface area contributed by atoms with Crippen molar-refractivity contribution in [2.45, 2.75) is 58.5 Å². The molecule has 3 aromatic rings. The maximum Gasteiger partial charge on any atom is 0.410 e. The Balaban J connectivity index is 1.76. The number of ether oxygens (including phenoxy) is 1. The second-order valence-corrected chi connectivity index (χ2v) is 13.5. The summed E-state index contributed by atoms with van der Waals surface area (Å²) in [5.74, 6) is -0.570. The first kappa shape index (κ1) is 31.6. The minimum Gasteiger partial charge on any atom is -0.447 e. The number of anilines is 2. The quantitative estimate of drug-likeness (QED) is 0.273. The molecule has 1 aliphatic heterocycles. The number of rotatable bonds is 11. The molecule has 2 aromatic heterocycles. The van der Waals surface area contributed by atoms with E-state index in [-0.39, 0.29) is 42.4 Å². The maximum absolute atomic E-state index is 16.0. The van der Waals surface area contributed by atoms with Crippen LogP contribution in [0.4, 0.5) is 20.8 Å². The molecule has 0 spiro atoms. The average Bonchev–Trinajstić information content (AvgIpc) is 3.39. The molecule has 0 aliphatic carbocycles. The fourth-order valence-corrected chi connectivity index (χ4v) is 7.01. The van der Waals surface area contributed by atoms with Gasteiger partial charge in [-0.3, -0.25) is 4.72 Å². The van der Waals surface area contributed by atoms with Crippen LogP contribution in [-0.2, 0) is 20.2 Å². The van der Waals surface area contributed by atoms with E-state index >= 15 is 4.39 Å². The van der Waals surface area contributed by atoms with Gasteiger partial charge in [-0.1, -0.05) is 19.9 Å². The van der Waals surface area contributed by atoms with E-state index in [1.54, 1.807) is 36.2 Å². The van der Waals surface area contributed by atoms with Gasteiger partial charge in [0.05, 0.1) is 45.4 Å². The molecule has 3 heterocycles. The minimum atomic E-state index is -3.72. The van der Waals surface area contributed by atoms with Crippen molar-refractivity contribution in [2.24, 2.45) is 0 Å². The standard InChI is InChI=1S/C28H37FN6O5S2/c1-5-17-42(38,39)34-20-8-6-7-19(22(20)29)23-24(21-9-12-30-26(32-21)31-13-16-36)41-25(33-23)28(4)10-14-35(15-11-28)27(37)40-18(2)3/h6-9,12,18,34,36H,5,10-11,13-17H2,1-4H3,(H,30,31,32). The molecule has 1 saturated heterocycles. The smallest absolute Gasteiger partial charge is 0.410 e. The lowest BCUT2D eigenvalue weighted by Crippen LogP contribution is -2.44. The number of piperidine rings is 1. The summed E-state index contributed by atoms with van der Waals surface area (Å²) in [7, 11) is -3.72. The Morgan fingerprint density at radius 1 is 1.24 bits per heavy atom. The summed E-state index contributed by atoms with van der Waals surface area (Å²) in [5.41, 5.74) is 0.404. The highest BCUT2D eigenvalue weighted by Gasteiger charge is 2.38. The van der Waals surface area contributed by atoms with Crippen molar-refractivity contribution in [1.29, 1.82) is 0 Å². The van der Waals surface area contributed by atoms with E-state index in [1.165, 1.54) is 17.4 Å². The van der Waals surface area contributed by atoms with Crippen LogP contribution in [-0.4, -0.2) is 77.6 Å². The van der Waals surface area contributed by atoms with Gasteiger partial charge in [0.2, 0.25) is 16.0 Å². The minimum absolute atomic E-state index is 0.102. The summed E-state index contributed by atoms with van der Waals surface area (Å²) in [5, 5.41) is 12.9. The third-order valence-corrected chi connectivity index (χ3v) is 9.74. The predicted octanol–water partition coefficient (Wildman–Crippen LogP) is 4.86. The zero-order valence-electron chi connectivity index (χ0n) is 24.2. The van der Waals surface area contributed by atoms with E-state index in [4.69, 9.17) is 9.72 Å². The van der Waals surface area contributed by atoms with Gasteiger partial charge in [-0.15, -0.1) is 11.3 Å². The summed E-state index contributed by atoms with van der Waals surface area (Å²) < 4.78 is 48.5. The Labute approximate surface area is 249 Å². The first-order chi connectivity index (χ1) is 20.0. The van der Waals surface area contributed by atoms with E-state index in [9.17, 15) is 18.3 Å². The van der Waals surface area contributed by atoms with Crippen LogP contribution in [0.15, 0.2) is 30.5 Å². The molecule has 42 heavy (non-hydrogen) atoms. The van der Waals surface area contributed by atoms with Crippen LogP contribution in [0.3, 0.4) is 0 Å². The van der Waals surface area contributed by atoms with Crippen molar-refractivity contribution in [1.82, 2.24) is 19.9 Å². The summed E-state index contributed by atoms with van der Waals surface area (Å²) in [6, 6.07) is 6.23. The van der Waals surface area contributed by atoms with Crippen molar-refractivity contribution >= 4 is 39.1 Å². The number of halogens is 1. The summed E-state index contributed by atoms with van der Waals surface area (Å²) >= 11 is 1.38. The molecule has 1 fully saturated rings. The van der Waals surface area contributed by atoms with Crippen LogP contribution in [0, 0.1) is 5.82 Å². The molecule has 228 valence electrons. The molecule has 0 bridgehead atoms. The number of benzene rings is 1.